The van der Waals surface area contributed by atoms with E-state index in [0.717, 1.165) is 42.8 Å². The first-order valence-corrected chi connectivity index (χ1v) is 20.7. The SMILES string of the molecule is CC1=CC(C(N)NC(c2ccccc2)=[N+]2CC2c2ccccc2)=CC(n2c3c(c4ccc(-c5ccc6c(c5)c5ccccc5n6-c5ccccc5)cc42)C=CCC3)C1. The summed E-state index contributed by atoms with van der Waals surface area (Å²) in [6.45, 7) is 3.22. The molecule has 8 aromatic rings. The van der Waals surface area contributed by atoms with Crippen LogP contribution in [0.2, 0.25) is 0 Å². The molecule has 0 bridgehead atoms. The summed E-state index contributed by atoms with van der Waals surface area (Å²) in [5.74, 6) is 1.08. The van der Waals surface area contributed by atoms with Crippen LogP contribution in [0.15, 0.2) is 181 Å². The van der Waals surface area contributed by atoms with Gasteiger partial charge in [-0.1, -0.05) is 133 Å². The minimum atomic E-state index is -0.372. The predicted molar refractivity (Wildman–Crippen MR) is 241 cm³/mol. The lowest BCUT2D eigenvalue weighted by Gasteiger charge is -2.27. The molecule has 3 aliphatic rings. The average molecular weight is 753 g/mol. The van der Waals surface area contributed by atoms with E-state index in [4.69, 9.17) is 5.73 Å². The first kappa shape index (κ1) is 34.5. The standard InChI is InChI=1S/C53H45N5/c1-35-29-40(52(54)55-53(37-17-7-3-8-18-37)56-34-51(56)36-15-5-2-6-16-36)31-42(30-35)58-47-23-13-11-21-43(47)45-27-25-39(33-50(45)58)38-26-28-49-46(32-38)44-22-12-14-24-48(44)57(49)41-19-9-4-10-20-41/h2-12,14-22,24-29,31-33,42,51-52H,13,23,30,34,54H2,1H3/p+1. The number of rotatable bonds is 7. The molecule has 2 aromatic heterocycles. The third kappa shape index (κ3) is 5.93. The lowest BCUT2D eigenvalue weighted by Crippen LogP contribution is -2.45. The minimum Gasteiger partial charge on any atom is -0.337 e. The number of nitrogens with one attached hydrogen (secondary N) is 1. The highest BCUT2D eigenvalue weighted by molar-refractivity contribution is 6.10. The number of hydrogen-bond acceptors (Lipinski definition) is 1. The molecule has 5 nitrogen and oxygen atoms in total. The van der Waals surface area contributed by atoms with Gasteiger partial charge in [0.2, 0.25) is 0 Å². The number of amidine groups is 1. The molecular weight excluding hydrogens is 707 g/mol. The molecule has 0 amide bonds. The maximum atomic E-state index is 7.19. The highest BCUT2D eigenvalue weighted by Crippen LogP contribution is 2.41. The third-order valence-corrected chi connectivity index (χ3v) is 12.4. The van der Waals surface area contributed by atoms with Gasteiger partial charge in [-0.25, -0.2) is 4.58 Å². The Labute approximate surface area is 339 Å². The van der Waals surface area contributed by atoms with Crippen LogP contribution in [-0.2, 0) is 6.42 Å². The summed E-state index contributed by atoms with van der Waals surface area (Å²) in [7, 11) is 0. The Morgan fingerprint density at radius 2 is 1.43 bits per heavy atom. The second-order valence-electron chi connectivity index (χ2n) is 16.2. The van der Waals surface area contributed by atoms with Gasteiger partial charge in [-0.2, -0.15) is 0 Å². The quantitative estimate of drug-likeness (QED) is 0.0737. The minimum absolute atomic E-state index is 0.144. The van der Waals surface area contributed by atoms with Gasteiger partial charge >= 0.3 is 0 Å². The van der Waals surface area contributed by atoms with E-state index in [9.17, 15) is 0 Å². The topological polar surface area (TPSA) is 50.9 Å². The zero-order valence-electron chi connectivity index (χ0n) is 32.7. The third-order valence-electron chi connectivity index (χ3n) is 12.4. The van der Waals surface area contributed by atoms with Gasteiger partial charge in [0.25, 0.3) is 5.84 Å². The molecule has 58 heavy (non-hydrogen) atoms. The monoisotopic (exact) mass is 752 g/mol. The van der Waals surface area contributed by atoms with Gasteiger partial charge in [-0.3, -0.25) is 11.1 Å². The Balaban J connectivity index is 0.987. The summed E-state index contributed by atoms with van der Waals surface area (Å²) < 4.78 is 7.45. The van der Waals surface area contributed by atoms with E-state index in [1.54, 1.807) is 0 Å². The van der Waals surface area contributed by atoms with Crippen molar-refractivity contribution < 1.29 is 4.58 Å². The molecule has 11 rings (SSSR count). The number of hydrogen-bond donors (Lipinski definition) is 2. The number of benzene rings is 6. The van der Waals surface area contributed by atoms with Crippen molar-refractivity contribution >= 4 is 44.6 Å². The molecule has 0 radical (unpaired) electrons. The van der Waals surface area contributed by atoms with Gasteiger partial charge in [0.1, 0.15) is 6.54 Å². The Morgan fingerprint density at radius 1 is 0.724 bits per heavy atom. The molecule has 3 unspecified atom stereocenters. The fourth-order valence-electron chi connectivity index (χ4n) is 9.69. The van der Waals surface area contributed by atoms with Crippen molar-refractivity contribution in [2.24, 2.45) is 5.73 Å². The number of para-hydroxylation sites is 2. The number of aromatic nitrogens is 2. The summed E-state index contributed by atoms with van der Waals surface area (Å²) >= 11 is 0. The zero-order valence-corrected chi connectivity index (χ0v) is 32.7. The summed E-state index contributed by atoms with van der Waals surface area (Å²) in [6.07, 6.45) is 12.1. The summed E-state index contributed by atoms with van der Waals surface area (Å²) in [5, 5.41) is 7.65. The molecule has 3 N–H and O–H groups in total. The largest absolute Gasteiger partial charge is 0.337 e. The zero-order chi connectivity index (χ0) is 38.7. The molecule has 1 saturated heterocycles. The van der Waals surface area contributed by atoms with Crippen LogP contribution >= 0.6 is 0 Å². The predicted octanol–water partition coefficient (Wildman–Crippen LogP) is 11.3. The lowest BCUT2D eigenvalue weighted by atomic mass is 9.94. The molecular formula is C53H46N5+. The number of fused-ring (bicyclic) bond motifs is 6. The fraction of sp³-hybridized carbons (Fsp3) is 0.151. The Kier molecular flexibility index (Phi) is 8.37. The molecule has 2 aliphatic carbocycles. The molecule has 3 heterocycles. The van der Waals surface area contributed by atoms with Crippen molar-refractivity contribution in [1.29, 1.82) is 0 Å². The van der Waals surface area contributed by atoms with Crippen molar-refractivity contribution in [3.8, 4) is 16.8 Å². The first-order valence-electron chi connectivity index (χ1n) is 20.7. The van der Waals surface area contributed by atoms with Gasteiger partial charge in [-0.05, 0) is 85.8 Å². The van der Waals surface area contributed by atoms with Crippen molar-refractivity contribution in [3.05, 3.63) is 203 Å². The molecule has 282 valence electrons. The smallest absolute Gasteiger partial charge is 0.279 e. The van der Waals surface area contributed by atoms with E-state index in [2.05, 4.69) is 202 Å². The summed E-state index contributed by atoms with van der Waals surface area (Å²) in [4.78, 5) is 0. The summed E-state index contributed by atoms with van der Waals surface area (Å²) in [5.41, 5.74) is 22.3. The molecule has 1 fully saturated rings. The number of nitrogens with two attached hydrogens (primary N) is 1. The van der Waals surface area contributed by atoms with Crippen molar-refractivity contribution in [3.63, 3.8) is 0 Å². The van der Waals surface area contributed by atoms with Crippen molar-refractivity contribution in [2.45, 2.75) is 44.4 Å². The average Bonchev–Trinajstić information content (AvgIpc) is 3.91. The van der Waals surface area contributed by atoms with Gasteiger partial charge in [0, 0.05) is 44.2 Å². The fourth-order valence-corrected chi connectivity index (χ4v) is 9.69. The van der Waals surface area contributed by atoms with Crippen LogP contribution in [0, 0.1) is 0 Å². The molecule has 3 atom stereocenters. The highest BCUT2D eigenvalue weighted by atomic mass is 15.3. The van der Waals surface area contributed by atoms with Gasteiger partial charge in [0.15, 0.2) is 12.2 Å². The van der Waals surface area contributed by atoms with Crippen molar-refractivity contribution in [1.82, 2.24) is 14.5 Å². The second kappa shape index (κ2) is 14.0. The molecule has 6 aromatic carbocycles. The van der Waals surface area contributed by atoms with E-state index in [-0.39, 0.29) is 12.2 Å². The number of allylic oxidation sites excluding steroid dienone is 3. The lowest BCUT2D eigenvalue weighted by molar-refractivity contribution is -0.365. The van der Waals surface area contributed by atoms with Gasteiger partial charge < -0.3 is 9.13 Å². The second-order valence-corrected chi connectivity index (χ2v) is 16.2. The molecule has 1 aliphatic heterocycles. The van der Waals surface area contributed by atoms with Crippen LogP contribution in [0.3, 0.4) is 0 Å². The maximum Gasteiger partial charge on any atom is 0.279 e. The molecule has 5 heteroatoms. The first-order chi connectivity index (χ1) is 28.6. The van der Waals surface area contributed by atoms with Crippen LogP contribution in [0.25, 0.3) is 55.6 Å². The summed E-state index contributed by atoms with van der Waals surface area (Å²) in [6, 6.07) is 55.4. The Bertz CT molecular complexity index is 3000. The number of nitrogens with zero attached hydrogens (tertiary/aromatic N) is 3. The molecule has 0 saturated carbocycles. The maximum absolute atomic E-state index is 7.19. The van der Waals surface area contributed by atoms with E-state index < -0.39 is 0 Å². The van der Waals surface area contributed by atoms with Crippen molar-refractivity contribution in [2.75, 3.05) is 6.54 Å². The van der Waals surface area contributed by atoms with E-state index in [1.807, 2.05) is 0 Å². The van der Waals surface area contributed by atoms with Crippen LogP contribution in [0.1, 0.15) is 54.2 Å². The van der Waals surface area contributed by atoms with Gasteiger partial charge in [-0.15, -0.1) is 0 Å². The van der Waals surface area contributed by atoms with Crippen LogP contribution < -0.4 is 11.1 Å². The van der Waals surface area contributed by atoms with Crippen LogP contribution in [0.4, 0.5) is 0 Å². The van der Waals surface area contributed by atoms with E-state index in [0.29, 0.717) is 6.04 Å². The van der Waals surface area contributed by atoms with Gasteiger partial charge in [0.05, 0.1) is 28.2 Å². The van der Waals surface area contributed by atoms with E-state index >= 15 is 0 Å². The Morgan fingerprint density at radius 3 is 2.26 bits per heavy atom. The molecule has 0 spiro atoms. The van der Waals surface area contributed by atoms with E-state index in [1.165, 1.54) is 71.9 Å². The Hall–Kier alpha value is -6.69. The van der Waals surface area contributed by atoms with Crippen LogP contribution in [0.5, 0.6) is 0 Å². The van der Waals surface area contributed by atoms with Crippen LogP contribution in [-0.4, -0.2) is 32.3 Å². The normalized spacial score (nSPS) is 18.9. The highest BCUT2D eigenvalue weighted by Gasteiger charge is 2.41.